The van der Waals surface area contributed by atoms with Crippen LogP contribution in [0.3, 0.4) is 0 Å². The molecule has 170 valence electrons. The summed E-state index contributed by atoms with van der Waals surface area (Å²) < 4.78 is 8.55. The van der Waals surface area contributed by atoms with Crippen molar-refractivity contribution in [1.29, 1.82) is 0 Å². The van der Waals surface area contributed by atoms with Crippen LogP contribution in [0.25, 0.3) is 10.9 Å². The van der Waals surface area contributed by atoms with Gasteiger partial charge in [-0.3, -0.25) is 18.8 Å². The summed E-state index contributed by atoms with van der Waals surface area (Å²) in [7, 11) is 1.62. The Morgan fingerprint density at radius 3 is 2.79 bits per heavy atom. The van der Waals surface area contributed by atoms with Gasteiger partial charge in [0, 0.05) is 25.8 Å². The monoisotopic (exact) mass is 464 g/mol. The predicted octanol–water partition coefficient (Wildman–Crippen LogP) is 2.86. The molecule has 0 aliphatic rings. The molecule has 1 unspecified atom stereocenters. The first-order valence-corrected chi connectivity index (χ1v) is 10.9. The number of hydrogen-bond donors (Lipinski definition) is 2. The molecule has 0 saturated carbocycles. The maximum absolute atomic E-state index is 13.1. The number of carbonyl (C=O) groups is 1. The number of benzene rings is 2. The van der Waals surface area contributed by atoms with Crippen LogP contribution in [0.5, 0.6) is 0 Å². The molecule has 0 saturated heterocycles. The van der Waals surface area contributed by atoms with E-state index in [2.05, 4.69) is 20.4 Å². The van der Waals surface area contributed by atoms with Gasteiger partial charge < -0.3 is 15.0 Å². The van der Waals surface area contributed by atoms with Gasteiger partial charge in [-0.2, -0.15) is 5.10 Å². The summed E-state index contributed by atoms with van der Waals surface area (Å²) in [5.41, 5.74) is 1.70. The fourth-order valence-electron chi connectivity index (χ4n) is 3.64. The number of ether oxygens (including phenoxy) is 1. The molecule has 0 bridgehead atoms. The van der Waals surface area contributed by atoms with Gasteiger partial charge in [-0.05, 0) is 42.4 Å². The zero-order chi connectivity index (χ0) is 23.2. The molecule has 0 aliphatic heterocycles. The Labute approximate surface area is 195 Å². The highest BCUT2D eigenvalue weighted by Gasteiger charge is 2.18. The third kappa shape index (κ3) is 5.24. The van der Waals surface area contributed by atoms with Crippen LogP contribution in [0, 0.1) is 4.77 Å². The molecule has 2 N–H and O–H groups in total. The van der Waals surface area contributed by atoms with Crippen LogP contribution in [0.4, 0.5) is 0 Å². The minimum Gasteiger partial charge on any atom is -0.385 e. The maximum Gasteiger partial charge on any atom is 0.262 e. The Morgan fingerprint density at radius 2 is 2.06 bits per heavy atom. The first kappa shape index (κ1) is 22.6. The summed E-state index contributed by atoms with van der Waals surface area (Å²) in [4.78, 5) is 33.1. The van der Waals surface area contributed by atoms with E-state index >= 15 is 0 Å². The highest BCUT2D eigenvalue weighted by molar-refractivity contribution is 7.71. The summed E-state index contributed by atoms with van der Waals surface area (Å²) >= 11 is 5.37. The lowest BCUT2D eigenvalue weighted by molar-refractivity contribution is 0.0932. The van der Waals surface area contributed by atoms with Crippen molar-refractivity contribution < 1.29 is 9.53 Å². The van der Waals surface area contributed by atoms with Crippen molar-refractivity contribution in [3.05, 3.63) is 87.4 Å². The number of methoxy groups -OCH3 is 1. The number of aromatic nitrogens is 5. The van der Waals surface area contributed by atoms with Gasteiger partial charge in [-0.25, -0.2) is 4.98 Å². The van der Waals surface area contributed by atoms with Gasteiger partial charge in [0.05, 0.1) is 23.5 Å². The minimum atomic E-state index is -0.316. The molecule has 2 aromatic heterocycles. The smallest absolute Gasteiger partial charge is 0.262 e. The summed E-state index contributed by atoms with van der Waals surface area (Å²) in [6.07, 6.45) is 3.74. The molecular weight excluding hydrogens is 440 g/mol. The van der Waals surface area contributed by atoms with Crippen LogP contribution in [-0.2, 0) is 17.8 Å². The van der Waals surface area contributed by atoms with Gasteiger partial charge in [0.2, 0.25) is 0 Å². The third-order valence-electron chi connectivity index (χ3n) is 5.32. The average Bonchev–Trinajstić information content (AvgIpc) is 3.34. The predicted molar refractivity (Wildman–Crippen MR) is 127 cm³/mol. The number of fused-ring (bicyclic) bond motifs is 1. The second kappa shape index (κ2) is 10.3. The third-order valence-corrected chi connectivity index (χ3v) is 5.64. The Hall–Kier alpha value is -3.63. The van der Waals surface area contributed by atoms with Crippen LogP contribution < -0.4 is 10.9 Å². The van der Waals surface area contributed by atoms with Crippen LogP contribution in [0.15, 0.2) is 66.0 Å². The number of nitrogens with one attached hydrogen (secondary N) is 2. The van der Waals surface area contributed by atoms with Crippen molar-refractivity contribution in [2.24, 2.45) is 0 Å². The summed E-state index contributed by atoms with van der Waals surface area (Å²) in [6, 6.07) is 14.3. The highest BCUT2D eigenvalue weighted by Crippen LogP contribution is 2.17. The second-order valence-electron chi connectivity index (χ2n) is 7.55. The average molecular weight is 465 g/mol. The fraction of sp³-hybridized carbons (Fsp3) is 0.261. The van der Waals surface area contributed by atoms with Crippen LogP contribution in [0.1, 0.15) is 28.4 Å². The van der Waals surface area contributed by atoms with E-state index < -0.39 is 0 Å². The van der Waals surface area contributed by atoms with Crippen molar-refractivity contribution in [3.8, 4) is 0 Å². The molecule has 10 heteroatoms. The molecule has 1 atom stereocenters. The van der Waals surface area contributed by atoms with Gasteiger partial charge in [-0.15, -0.1) is 0 Å². The fourth-order valence-corrected chi connectivity index (χ4v) is 3.93. The van der Waals surface area contributed by atoms with Crippen molar-refractivity contribution in [2.75, 3.05) is 13.7 Å². The van der Waals surface area contributed by atoms with Crippen LogP contribution in [0.2, 0.25) is 0 Å². The number of amides is 1. The summed E-state index contributed by atoms with van der Waals surface area (Å²) in [6.45, 7) is 1.43. The van der Waals surface area contributed by atoms with Crippen molar-refractivity contribution in [1.82, 2.24) is 29.6 Å². The standard InChI is InChI=1S/C23H24N6O3S/c1-32-11-5-10-29-22(31)18-9-8-17(12-19(18)27-23(29)33)21(30)26-20(13-28-15-24-14-25-28)16-6-3-2-4-7-16/h2-4,6-9,12,14-15,20H,5,10-11,13H2,1H3,(H,26,30)(H,27,33). The van der Waals surface area contributed by atoms with E-state index in [4.69, 9.17) is 17.0 Å². The lowest BCUT2D eigenvalue weighted by Crippen LogP contribution is -2.31. The summed E-state index contributed by atoms with van der Waals surface area (Å²) in [5.74, 6) is -0.269. The molecule has 9 nitrogen and oxygen atoms in total. The lowest BCUT2D eigenvalue weighted by atomic mass is 10.1. The SMILES string of the molecule is COCCCn1c(=S)[nH]c2cc(C(=O)NC(Cn3cncn3)c3ccccc3)ccc2c1=O. The first-order valence-electron chi connectivity index (χ1n) is 10.5. The van der Waals surface area contributed by atoms with Gasteiger partial charge in [0.15, 0.2) is 4.77 Å². The van der Waals surface area contributed by atoms with E-state index in [0.29, 0.717) is 47.4 Å². The molecular formula is C23H24N6O3S. The zero-order valence-electron chi connectivity index (χ0n) is 18.1. The molecule has 0 radical (unpaired) electrons. The maximum atomic E-state index is 13.1. The Kier molecular flexibility index (Phi) is 7.06. The lowest BCUT2D eigenvalue weighted by Gasteiger charge is -2.19. The van der Waals surface area contributed by atoms with Crippen LogP contribution in [-0.4, -0.2) is 43.9 Å². The number of rotatable bonds is 9. The number of aromatic amines is 1. The quantitative estimate of drug-likeness (QED) is 0.291. The normalized spacial score (nSPS) is 12.0. The molecule has 33 heavy (non-hydrogen) atoms. The molecule has 2 heterocycles. The summed E-state index contributed by atoms with van der Waals surface area (Å²) in [5, 5.41) is 7.68. The molecule has 0 aliphatic carbocycles. The molecule has 0 fully saturated rings. The molecule has 4 rings (SSSR count). The van der Waals surface area contributed by atoms with E-state index in [1.807, 2.05) is 30.3 Å². The highest BCUT2D eigenvalue weighted by atomic mass is 32.1. The number of H-pyrrole nitrogens is 1. The zero-order valence-corrected chi connectivity index (χ0v) is 18.9. The number of carbonyl (C=O) groups excluding carboxylic acids is 1. The van der Waals surface area contributed by atoms with Gasteiger partial charge in [0.25, 0.3) is 11.5 Å². The van der Waals surface area contributed by atoms with E-state index in [-0.39, 0.29) is 17.5 Å². The van der Waals surface area contributed by atoms with E-state index in [9.17, 15) is 9.59 Å². The number of nitrogens with zero attached hydrogens (tertiary/aromatic N) is 4. The van der Waals surface area contributed by atoms with E-state index in [1.165, 1.54) is 10.9 Å². The van der Waals surface area contributed by atoms with Crippen molar-refractivity contribution in [2.45, 2.75) is 25.6 Å². The largest absolute Gasteiger partial charge is 0.385 e. The van der Waals surface area contributed by atoms with Gasteiger partial charge >= 0.3 is 0 Å². The second-order valence-corrected chi connectivity index (χ2v) is 7.93. The first-order chi connectivity index (χ1) is 16.1. The topological polar surface area (TPSA) is 107 Å². The number of hydrogen-bond acceptors (Lipinski definition) is 6. The molecule has 2 aromatic carbocycles. The molecule has 4 aromatic rings. The van der Waals surface area contributed by atoms with Crippen LogP contribution >= 0.6 is 12.2 Å². The Balaban J connectivity index is 1.60. The molecule has 0 spiro atoms. The van der Waals surface area contributed by atoms with Gasteiger partial charge in [0.1, 0.15) is 12.7 Å². The van der Waals surface area contributed by atoms with Crippen molar-refractivity contribution >= 4 is 29.0 Å². The van der Waals surface area contributed by atoms with E-state index in [1.54, 1.807) is 36.3 Å². The molecule has 1 amide bonds. The minimum absolute atomic E-state index is 0.190. The Bertz CT molecular complexity index is 1350. The van der Waals surface area contributed by atoms with Gasteiger partial charge in [-0.1, -0.05) is 30.3 Å². The van der Waals surface area contributed by atoms with Crippen molar-refractivity contribution in [3.63, 3.8) is 0 Å². The van der Waals surface area contributed by atoms with E-state index in [0.717, 1.165) is 5.56 Å². The Morgan fingerprint density at radius 1 is 1.24 bits per heavy atom.